The molecule has 0 spiro atoms. The van der Waals surface area contributed by atoms with E-state index in [1.807, 2.05) is 17.5 Å². The van der Waals surface area contributed by atoms with Crippen LogP contribution in [0.1, 0.15) is 11.1 Å². The molecule has 0 bridgehead atoms. The van der Waals surface area contributed by atoms with Crippen molar-refractivity contribution in [2.45, 2.75) is 19.5 Å². The second kappa shape index (κ2) is 7.03. The van der Waals surface area contributed by atoms with E-state index in [2.05, 4.69) is 4.98 Å². The van der Waals surface area contributed by atoms with Crippen LogP contribution in [-0.2, 0) is 24.3 Å². The summed E-state index contributed by atoms with van der Waals surface area (Å²) in [4.78, 5) is 32.0. The molecule has 1 amide bonds. The second-order valence-electron chi connectivity index (χ2n) is 6.36. The lowest BCUT2D eigenvalue weighted by atomic mass is 9.98. The summed E-state index contributed by atoms with van der Waals surface area (Å²) in [7, 11) is 3.20. The Hall–Kier alpha value is -2.87. The molecule has 140 valence electrons. The Balaban J connectivity index is 1.55. The summed E-state index contributed by atoms with van der Waals surface area (Å²) in [6.45, 7) is 1.07. The maximum atomic E-state index is 12.8. The molecule has 0 unspecified atom stereocenters. The molecule has 1 aliphatic heterocycles. The number of thiophene rings is 1. The first-order valence-corrected chi connectivity index (χ1v) is 9.43. The molecule has 1 aliphatic rings. The quantitative estimate of drug-likeness (QED) is 0.687. The summed E-state index contributed by atoms with van der Waals surface area (Å²) in [5.41, 5.74) is 2.00. The van der Waals surface area contributed by atoms with Gasteiger partial charge in [-0.05, 0) is 41.1 Å². The highest BCUT2D eigenvalue weighted by Gasteiger charge is 2.23. The maximum absolute atomic E-state index is 12.8. The maximum Gasteiger partial charge on any atom is 0.262 e. The van der Waals surface area contributed by atoms with Crippen molar-refractivity contribution in [3.63, 3.8) is 0 Å². The largest absolute Gasteiger partial charge is 0.493 e. The van der Waals surface area contributed by atoms with Crippen LogP contribution in [0.4, 0.5) is 0 Å². The predicted octanol–water partition coefficient (Wildman–Crippen LogP) is 2.06. The smallest absolute Gasteiger partial charge is 0.262 e. The lowest BCUT2D eigenvalue weighted by Gasteiger charge is -2.29. The first-order valence-electron chi connectivity index (χ1n) is 8.55. The molecule has 7 nitrogen and oxygen atoms in total. The van der Waals surface area contributed by atoms with Crippen LogP contribution in [-0.4, -0.2) is 41.1 Å². The lowest BCUT2D eigenvalue weighted by Crippen LogP contribution is -2.39. The third kappa shape index (κ3) is 3.16. The van der Waals surface area contributed by atoms with Gasteiger partial charge in [-0.1, -0.05) is 0 Å². The summed E-state index contributed by atoms with van der Waals surface area (Å²) < 4.78 is 12.1. The van der Waals surface area contributed by atoms with Gasteiger partial charge in [0.2, 0.25) is 5.91 Å². The minimum atomic E-state index is -0.182. The van der Waals surface area contributed by atoms with Crippen LogP contribution < -0.4 is 15.0 Å². The molecule has 4 rings (SSSR count). The van der Waals surface area contributed by atoms with E-state index < -0.39 is 0 Å². The Morgan fingerprint density at radius 2 is 1.96 bits per heavy atom. The molecule has 0 radical (unpaired) electrons. The van der Waals surface area contributed by atoms with Crippen molar-refractivity contribution in [1.82, 2.24) is 14.5 Å². The number of carbonyl (C=O) groups is 1. The number of hydrogen-bond donors (Lipinski definition) is 0. The van der Waals surface area contributed by atoms with E-state index in [9.17, 15) is 9.59 Å². The summed E-state index contributed by atoms with van der Waals surface area (Å²) >= 11 is 1.41. The highest BCUT2D eigenvalue weighted by Crippen LogP contribution is 2.33. The van der Waals surface area contributed by atoms with Crippen molar-refractivity contribution in [3.8, 4) is 11.5 Å². The number of rotatable bonds is 4. The molecule has 0 saturated carbocycles. The van der Waals surface area contributed by atoms with Gasteiger partial charge in [0.05, 0.1) is 25.9 Å². The number of hydrogen-bond acceptors (Lipinski definition) is 6. The van der Waals surface area contributed by atoms with Crippen molar-refractivity contribution in [2.75, 3.05) is 20.8 Å². The van der Waals surface area contributed by atoms with Gasteiger partial charge >= 0.3 is 0 Å². The average molecular weight is 385 g/mol. The summed E-state index contributed by atoms with van der Waals surface area (Å²) in [5, 5.41) is 2.38. The molecule has 27 heavy (non-hydrogen) atoms. The zero-order valence-corrected chi connectivity index (χ0v) is 15.9. The van der Waals surface area contributed by atoms with Crippen LogP contribution >= 0.6 is 11.3 Å². The molecule has 8 heteroatoms. The summed E-state index contributed by atoms with van der Waals surface area (Å²) in [6.07, 6.45) is 2.18. The molecule has 0 saturated heterocycles. The molecule has 0 fully saturated rings. The number of fused-ring (bicyclic) bond motifs is 2. The predicted molar refractivity (Wildman–Crippen MR) is 103 cm³/mol. The van der Waals surface area contributed by atoms with Crippen LogP contribution in [0.2, 0.25) is 0 Å². The van der Waals surface area contributed by atoms with E-state index >= 15 is 0 Å². The SMILES string of the molecule is COc1cc2c(cc1OC)CN(C(=O)Cn1cnc3sccc3c1=O)CC2. The van der Waals surface area contributed by atoms with Gasteiger partial charge in [-0.25, -0.2) is 4.98 Å². The van der Waals surface area contributed by atoms with Gasteiger partial charge in [-0.15, -0.1) is 11.3 Å². The standard InChI is InChI=1S/C19H19N3O4S/c1-25-15-7-12-3-5-21(9-13(12)8-16(15)26-2)17(23)10-22-11-20-18-14(19(22)24)4-6-27-18/h4,6-8,11H,3,5,9-10H2,1-2H3. The van der Waals surface area contributed by atoms with Gasteiger partial charge in [0.1, 0.15) is 11.4 Å². The van der Waals surface area contributed by atoms with Crippen LogP contribution in [0.3, 0.4) is 0 Å². The topological polar surface area (TPSA) is 73.7 Å². The van der Waals surface area contributed by atoms with E-state index in [-0.39, 0.29) is 18.0 Å². The zero-order valence-electron chi connectivity index (χ0n) is 15.1. The fraction of sp³-hybridized carbons (Fsp3) is 0.316. The molecular weight excluding hydrogens is 366 g/mol. The van der Waals surface area contributed by atoms with Gasteiger partial charge in [-0.3, -0.25) is 14.2 Å². The molecule has 0 N–H and O–H groups in total. The van der Waals surface area contributed by atoms with Crippen LogP contribution in [0.5, 0.6) is 11.5 Å². The monoisotopic (exact) mass is 385 g/mol. The van der Waals surface area contributed by atoms with E-state index in [1.54, 1.807) is 25.2 Å². The van der Waals surface area contributed by atoms with Gasteiger partial charge in [0, 0.05) is 13.1 Å². The fourth-order valence-corrected chi connectivity index (χ4v) is 4.07. The lowest BCUT2D eigenvalue weighted by molar-refractivity contribution is -0.132. The van der Waals surface area contributed by atoms with Gasteiger partial charge in [-0.2, -0.15) is 0 Å². The number of methoxy groups -OCH3 is 2. The molecule has 3 heterocycles. The number of amides is 1. The third-order valence-corrected chi connectivity index (χ3v) is 5.65. The number of carbonyl (C=O) groups excluding carboxylic acids is 1. The van der Waals surface area contributed by atoms with E-state index in [1.165, 1.54) is 22.2 Å². The van der Waals surface area contributed by atoms with E-state index in [0.29, 0.717) is 34.8 Å². The van der Waals surface area contributed by atoms with E-state index in [0.717, 1.165) is 17.5 Å². The summed E-state index contributed by atoms with van der Waals surface area (Å²) in [5.74, 6) is 1.24. The average Bonchev–Trinajstić information content (AvgIpc) is 3.18. The van der Waals surface area contributed by atoms with Gasteiger partial charge in [0.25, 0.3) is 5.56 Å². The highest BCUT2D eigenvalue weighted by molar-refractivity contribution is 7.16. The second-order valence-corrected chi connectivity index (χ2v) is 7.25. The van der Waals surface area contributed by atoms with Crippen molar-refractivity contribution in [2.24, 2.45) is 0 Å². The molecule has 1 aromatic carbocycles. The minimum absolute atomic E-state index is 0.0136. The molecule has 0 aliphatic carbocycles. The minimum Gasteiger partial charge on any atom is -0.493 e. The van der Waals surface area contributed by atoms with Crippen molar-refractivity contribution in [1.29, 1.82) is 0 Å². The highest BCUT2D eigenvalue weighted by atomic mass is 32.1. The number of nitrogens with zero attached hydrogens (tertiary/aromatic N) is 3. The molecular formula is C19H19N3O4S. The van der Waals surface area contributed by atoms with Crippen molar-refractivity contribution < 1.29 is 14.3 Å². The first-order chi connectivity index (χ1) is 13.1. The van der Waals surface area contributed by atoms with Crippen LogP contribution in [0, 0.1) is 0 Å². The molecule has 0 atom stereocenters. The molecule has 3 aromatic rings. The van der Waals surface area contributed by atoms with Crippen molar-refractivity contribution in [3.05, 3.63) is 51.4 Å². The van der Waals surface area contributed by atoms with Crippen LogP contribution in [0.15, 0.2) is 34.7 Å². The van der Waals surface area contributed by atoms with Crippen molar-refractivity contribution >= 4 is 27.5 Å². The van der Waals surface area contributed by atoms with Gasteiger partial charge < -0.3 is 14.4 Å². The number of aromatic nitrogens is 2. The zero-order chi connectivity index (χ0) is 19.0. The number of benzene rings is 1. The van der Waals surface area contributed by atoms with Crippen LogP contribution in [0.25, 0.3) is 10.2 Å². The third-order valence-electron chi connectivity index (χ3n) is 4.83. The van der Waals surface area contributed by atoms with Gasteiger partial charge in [0.15, 0.2) is 11.5 Å². The normalized spacial score (nSPS) is 13.5. The number of ether oxygens (including phenoxy) is 2. The fourth-order valence-electron chi connectivity index (χ4n) is 3.35. The Kier molecular flexibility index (Phi) is 4.57. The Bertz CT molecular complexity index is 1070. The first kappa shape index (κ1) is 17.5. The summed E-state index contributed by atoms with van der Waals surface area (Å²) in [6, 6.07) is 5.63. The Morgan fingerprint density at radius 3 is 2.70 bits per heavy atom. The van der Waals surface area contributed by atoms with E-state index in [4.69, 9.17) is 9.47 Å². The Labute approximate surface area is 159 Å². The Morgan fingerprint density at radius 1 is 1.22 bits per heavy atom. The molecule has 2 aromatic heterocycles.